The molecular formula is C42H67N3O3P+. The van der Waals surface area contributed by atoms with Crippen LogP contribution in [0.3, 0.4) is 0 Å². The fourth-order valence-electron chi connectivity index (χ4n) is 6.93. The van der Waals surface area contributed by atoms with Gasteiger partial charge in [0.25, 0.3) is 0 Å². The number of fused-ring (bicyclic) bond motifs is 1. The number of phenolic OH excluding ortho intramolecular Hbond substituents is 1. The standard InChI is InChI=1S/C42H66N3O3P/c1-6-9-12-15-18-23-30-49(31-24-19-16-13-10-7-2,32-25-20-17-14-11-8-3)37-33-36(28-29-48-42(47)35(4)5)41(46)40(34-37)45-43-38-26-21-22-27-39(38)44-45/h21-22,26-27,33-34H,4,6-20,23-25,28-32H2,1-3,5H3/p+1. The van der Waals surface area contributed by atoms with Gasteiger partial charge in [-0.2, -0.15) is 0 Å². The zero-order chi connectivity index (χ0) is 35.3. The highest BCUT2D eigenvalue weighted by molar-refractivity contribution is 7.82. The molecule has 0 spiro atoms. The summed E-state index contributed by atoms with van der Waals surface area (Å²) in [4.78, 5) is 13.9. The van der Waals surface area contributed by atoms with Crippen LogP contribution in [0.4, 0.5) is 0 Å². The van der Waals surface area contributed by atoms with E-state index in [2.05, 4.69) is 39.5 Å². The lowest BCUT2D eigenvalue weighted by atomic mass is 10.1. The molecule has 49 heavy (non-hydrogen) atoms. The zero-order valence-corrected chi connectivity index (χ0v) is 32.4. The van der Waals surface area contributed by atoms with Gasteiger partial charge in [0.05, 0.1) is 30.4 Å². The number of phenols is 1. The fourth-order valence-corrected chi connectivity index (χ4v) is 11.7. The molecule has 0 unspecified atom stereocenters. The van der Waals surface area contributed by atoms with Crippen molar-refractivity contribution in [1.82, 2.24) is 15.0 Å². The lowest BCUT2D eigenvalue weighted by molar-refractivity contribution is -0.138. The largest absolute Gasteiger partial charge is 0.505 e. The van der Waals surface area contributed by atoms with E-state index in [1.165, 1.54) is 139 Å². The Labute approximate surface area is 298 Å². The normalized spacial score (nSPS) is 11.8. The molecule has 0 amide bonds. The van der Waals surface area contributed by atoms with Crippen molar-refractivity contribution in [3.63, 3.8) is 0 Å². The van der Waals surface area contributed by atoms with Gasteiger partial charge in [-0.15, -0.1) is 15.0 Å². The molecule has 1 aromatic heterocycles. The maximum Gasteiger partial charge on any atom is 0.333 e. The summed E-state index contributed by atoms with van der Waals surface area (Å²) in [5, 5.41) is 22.8. The molecule has 1 heterocycles. The predicted molar refractivity (Wildman–Crippen MR) is 211 cm³/mol. The van der Waals surface area contributed by atoms with Gasteiger partial charge in [-0.1, -0.05) is 117 Å². The van der Waals surface area contributed by atoms with Crippen molar-refractivity contribution >= 4 is 29.6 Å². The highest BCUT2D eigenvalue weighted by atomic mass is 31.2. The molecular weight excluding hydrogens is 625 g/mol. The molecule has 272 valence electrons. The molecule has 0 bridgehead atoms. The Bertz CT molecular complexity index is 1330. The van der Waals surface area contributed by atoms with Gasteiger partial charge in [-0.25, -0.2) is 4.79 Å². The van der Waals surface area contributed by atoms with E-state index in [0.717, 1.165) is 16.6 Å². The molecule has 0 radical (unpaired) electrons. The minimum atomic E-state index is -1.61. The quantitative estimate of drug-likeness (QED) is 0.0372. The molecule has 0 saturated carbocycles. The number of carbonyl (C=O) groups is 1. The van der Waals surface area contributed by atoms with Crippen LogP contribution in [0.1, 0.15) is 149 Å². The Kier molecular flexibility index (Phi) is 19.0. The molecule has 0 aliphatic rings. The second-order valence-electron chi connectivity index (χ2n) is 14.2. The summed E-state index contributed by atoms with van der Waals surface area (Å²) in [5.74, 6) is -0.223. The number of rotatable bonds is 27. The Balaban J connectivity index is 2.06. The summed E-state index contributed by atoms with van der Waals surface area (Å²) in [7, 11) is -1.61. The van der Waals surface area contributed by atoms with Crippen molar-refractivity contribution in [3.05, 3.63) is 54.1 Å². The number of aromatic hydroxyl groups is 1. The molecule has 7 heteroatoms. The van der Waals surface area contributed by atoms with Crippen molar-refractivity contribution in [2.75, 3.05) is 25.1 Å². The summed E-state index contributed by atoms with van der Waals surface area (Å²) in [5.41, 5.74) is 3.43. The summed E-state index contributed by atoms with van der Waals surface area (Å²) in [6.07, 6.45) is 27.5. The number of nitrogens with zero attached hydrogens (tertiary/aromatic N) is 3. The monoisotopic (exact) mass is 692 g/mol. The van der Waals surface area contributed by atoms with Gasteiger partial charge in [-0.3, -0.25) is 0 Å². The van der Waals surface area contributed by atoms with Crippen LogP contribution in [0, 0.1) is 0 Å². The van der Waals surface area contributed by atoms with Gasteiger partial charge in [-0.05, 0) is 63.6 Å². The van der Waals surface area contributed by atoms with Crippen molar-refractivity contribution in [3.8, 4) is 11.4 Å². The second-order valence-corrected chi connectivity index (χ2v) is 18.4. The van der Waals surface area contributed by atoms with Crippen LogP contribution in [0.5, 0.6) is 5.75 Å². The lowest BCUT2D eigenvalue weighted by Gasteiger charge is -2.29. The van der Waals surface area contributed by atoms with Crippen LogP contribution >= 0.6 is 7.26 Å². The number of hydrogen-bond acceptors (Lipinski definition) is 5. The van der Waals surface area contributed by atoms with E-state index in [1.807, 2.05) is 24.3 Å². The summed E-state index contributed by atoms with van der Waals surface area (Å²) in [6.45, 7) is 12.4. The highest BCUT2D eigenvalue weighted by Gasteiger charge is 2.40. The van der Waals surface area contributed by atoms with Gasteiger partial charge in [0, 0.05) is 30.9 Å². The molecule has 0 aliphatic heterocycles. The van der Waals surface area contributed by atoms with Crippen LogP contribution in [-0.2, 0) is 16.0 Å². The second kappa shape index (κ2) is 22.9. The number of ether oxygens (including phenoxy) is 1. The molecule has 1 N–H and O–H groups in total. The average molecular weight is 693 g/mol. The summed E-state index contributed by atoms with van der Waals surface area (Å²) in [6, 6.07) is 12.4. The van der Waals surface area contributed by atoms with Gasteiger partial charge in [0.2, 0.25) is 0 Å². The molecule has 0 aliphatic carbocycles. The molecule has 6 nitrogen and oxygen atoms in total. The third-order valence-corrected chi connectivity index (χ3v) is 14.8. The first-order valence-corrected chi connectivity index (χ1v) is 22.1. The van der Waals surface area contributed by atoms with E-state index in [-0.39, 0.29) is 12.4 Å². The van der Waals surface area contributed by atoms with Crippen molar-refractivity contribution in [2.24, 2.45) is 0 Å². The Morgan fingerprint density at radius 3 is 1.63 bits per heavy atom. The molecule has 0 fully saturated rings. The molecule has 2 aromatic carbocycles. The maximum absolute atomic E-state index is 12.3. The zero-order valence-electron chi connectivity index (χ0n) is 31.5. The first kappa shape index (κ1) is 40.7. The Morgan fingerprint density at radius 1 is 0.735 bits per heavy atom. The van der Waals surface area contributed by atoms with Gasteiger partial charge in [0.1, 0.15) is 22.5 Å². The van der Waals surface area contributed by atoms with Crippen LogP contribution in [0.15, 0.2) is 48.6 Å². The van der Waals surface area contributed by atoms with E-state index in [1.54, 1.807) is 11.7 Å². The van der Waals surface area contributed by atoms with Crippen molar-refractivity contribution < 1.29 is 14.6 Å². The van der Waals surface area contributed by atoms with E-state index in [0.29, 0.717) is 17.7 Å². The maximum atomic E-state index is 12.3. The smallest absolute Gasteiger partial charge is 0.333 e. The van der Waals surface area contributed by atoms with E-state index in [9.17, 15) is 9.90 Å². The molecule has 3 aromatic rings. The van der Waals surface area contributed by atoms with Crippen molar-refractivity contribution in [2.45, 2.75) is 150 Å². The van der Waals surface area contributed by atoms with Crippen LogP contribution < -0.4 is 5.30 Å². The van der Waals surface area contributed by atoms with Gasteiger partial charge < -0.3 is 9.84 Å². The number of aromatic nitrogens is 3. The fraction of sp³-hybridized carbons (Fsp3) is 0.643. The molecule has 0 atom stereocenters. The number of unbranched alkanes of at least 4 members (excludes halogenated alkanes) is 15. The van der Waals surface area contributed by atoms with Gasteiger partial charge >= 0.3 is 5.97 Å². The third-order valence-electron chi connectivity index (χ3n) is 9.98. The third kappa shape index (κ3) is 13.5. The topological polar surface area (TPSA) is 77.2 Å². The number of esters is 1. The first-order chi connectivity index (χ1) is 23.8. The summed E-state index contributed by atoms with van der Waals surface area (Å²) < 4.78 is 5.54. The lowest BCUT2D eigenvalue weighted by Crippen LogP contribution is -2.23. The SMILES string of the molecule is C=C(C)C(=O)OCCc1cc([P+](CCCCCCCC)(CCCCCCCC)CCCCCCCC)cc(-n2nc3ccccc3n2)c1O. The molecule has 0 saturated heterocycles. The van der Waals surface area contributed by atoms with E-state index < -0.39 is 13.2 Å². The van der Waals surface area contributed by atoms with Crippen LogP contribution in [0.25, 0.3) is 16.7 Å². The Hall–Kier alpha value is -2.72. The average Bonchev–Trinajstić information content (AvgIpc) is 3.54. The predicted octanol–water partition coefficient (Wildman–Crippen LogP) is 11.5. The number of benzene rings is 2. The number of hydrogen-bond donors (Lipinski definition) is 1. The summed E-state index contributed by atoms with van der Waals surface area (Å²) >= 11 is 0. The van der Waals surface area contributed by atoms with E-state index >= 15 is 0 Å². The highest BCUT2D eigenvalue weighted by Crippen LogP contribution is 2.60. The van der Waals surface area contributed by atoms with Crippen molar-refractivity contribution in [1.29, 1.82) is 0 Å². The van der Waals surface area contributed by atoms with Crippen LogP contribution in [-0.4, -0.2) is 51.2 Å². The minimum Gasteiger partial charge on any atom is -0.505 e. The minimum absolute atomic E-state index is 0.173. The number of carbonyl (C=O) groups excluding carboxylic acids is 1. The van der Waals surface area contributed by atoms with E-state index in [4.69, 9.17) is 14.9 Å². The van der Waals surface area contributed by atoms with Gasteiger partial charge in [0.15, 0.2) is 0 Å². The molecule has 3 rings (SSSR count). The first-order valence-electron chi connectivity index (χ1n) is 19.7. The Morgan fingerprint density at radius 2 is 1.18 bits per heavy atom. The van der Waals surface area contributed by atoms with Crippen LogP contribution in [0.2, 0.25) is 0 Å².